The molecular weight excluding hydrogens is 564 g/mol. The molecule has 1 N–H and O–H groups in total. The lowest BCUT2D eigenvalue weighted by Crippen LogP contribution is -2.55. The fraction of sp³-hybridized carbons (Fsp3) is 0.455. The Morgan fingerprint density at radius 1 is 1.09 bits per heavy atom. The summed E-state index contributed by atoms with van der Waals surface area (Å²) >= 11 is 1.42. The van der Waals surface area contributed by atoms with Gasteiger partial charge in [-0.05, 0) is 33.6 Å². The number of aliphatic carboxylic acids is 1. The molecule has 43 heavy (non-hydrogen) atoms. The number of fused-ring (bicyclic) bond motifs is 3. The number of carboxylic acids is 1. The van der Waals surface area contributed by atoms with Gasteiger partial charge < -0.3 is 19.6 Å². The molecule has 0 spiro atoms. The minimum Gasteiger partial charge on any atom is -0.480 e. The molecule has 2 aromatic carbocycles. The highest BCUT2D eigenvalue weighted by Gasteiger charge is 2.49. The minimum absolute atomic E-state index is 0.0130. The average molecular weight is 605 g/mol. The molecule has 0 saturated carbocycles. The summed E-state index contributed by atoms with van der Waals surface area (Å²) in [5, 5.41) is 12.6. The third-order valence-corrected chi connectivity index (χ3v) is 9.10. The van der Waals surface area contributed by atoms with Crippen molar-refractivity contribution < 1.29 is 24.2 Å². The number of thiazole rings is 1. The highest BCUT2D eigenvalue weighted by molar-refractivity contribution is 7.09. The van der Waals surface area contributed by atoms with Crippen LogP contribution in [0.1, 0.15) is 62.4 Å². The summed E-state index contributed by atoms with van der Waals surface area (Å²) < 4.78 is 5.78. The van der Waals surface area contributed by atoms with Gasteiger partial charge in [-0.1, -0.05) is 83.1 Å². The maximum Gasteiger partial charge on any atom is 0.409 e. The molecule has 0 radical (unpaired) electrons. The standard InChI is InChI=1S/C33H40N4O5S/c1-20(2)29(30(39)40)37-17-28(38)36(31(37)33(3,4)5)15-21-19-43-27(34-21)16-35(6)32(41)42-18-26-24-13-9-7-11-22(24)23-12-8-10-14-25(23)26/h7-14,19-20,26,29,31H,15-18H2,1-6H3,(H,39,40)/t29-,31?/m0/s1. The molecule has 1 saturated heterocycles. The quantitative estimate of drug-likeness (QED) is 0.337. The molecule has 3 aromatic rings. The summed E-state index contributed by atoms with van der Waals surface area (Å²) in [6, 6.07) is 15.7. The Morgan fingerprint density at radius 2 is 1.70 bits per heavy atom. The summed E-state index contributed by atoms with van der Waals surface area (Å²) in [5.41, 5.74) is 5.02. The van der Waals surface area contributed by atoms with Crippen LogP contribution in [-0.4, -0.2) is 75.2 Å². The van der Waals surface area contributed by atoms with Gasteiger partial charge in [0.15, 0.2) is 0 Å². The molecule has 2 heterocycles. The number of carbonyl (C=O) groups is 3. The van der Waals surface area contributed by atoms with E-state index in [2.05, 4.69) is 24.3 Å². The average Bonchev–Trinajstić information content (AvgIpc) is 3.61. The summed E-state index contributed by atoms with van der Waals surface area (Å²) in [6.07, 6.45) is -0.817. The number of nitrogens with zero attached hydrogens (tertiary/aromatic N) is 4. The van der Waals surface area contributed by atoms with E-state index in [4.69, 9.17) is 9.72 Å². The SMILES string of the molecule is CC(C)[C@@H](C(=O)O)N1CC(=O)N(Cc2csc(CN(C)C(=O)OCC3c4ccccc4-c4ccccc43)n2)C1C(C)(C)C. The van der Waals surface area contributed by atoms with Gasteiger partial charge in [-0.25, -0.2) is 9.78 Å². The van der Waals surface area contributed by atoms with Gasteiger partial charge in [0.25, 0.3) is 0 Å². The van der Waals surface area contributed by atoms with Crippen molar-refractivity contribution in [1.29, 1.82) is 0 Å². The fourth-order valence-corrected chi connectivity index (χ4v) is 7.33. The van der Waals surface area contributed by atoms with Crippen molar-refractivity contribution in [3.63, 3.8) is 0 Å². The summed E-state index contributed by atoms with van der Waals surface area (Å²) in [7, 11) is 1.69. The van der Waals surface area contributed by atoms with Crippen LogP contribution >= 0.6 is 11.3 Å². The molecule has 0 bridgehead atoms. The van der Waals surface area contributed by atoms with Crippen molar-refractivity contribution in [2.24, 2.45) is 11.3 Å². The molecule has 228 valence electrons. The fourth-order valence-electron chi connectivity index (χ4n) is 6.49. The van der Waals surface area contributed by atoms with Gasteiger partial charge in [0, 0.05) is 18.3 Å². The zero-order valence-corrected chi connectivity index (χ0v) is 26.4. The highest BCUT2D eigenvalue weighted by atomic mass is 32.1. The van der Waals surface area contributed by atoms with Crippen LogP contribution < -0.4 is 0 Å². The van der Waals surface area contributed by atoms with Crippen LogP contribution in [0, 0.1) is 11.3 Å². The second-order valence-corrected chi connectivity index (χ2v) is 13.8. The first-order chi connectivity index (χ1) is 20.4. The van der Waals surface area contributed by atoms with Crippen LogP contribution in [0.25, 0.3) is 11.1 Å². The van der Waals surface area contributed by atoms with Crippen molar-refractivity contribution in [2.75, 3.05) is 20.2 Å². The van der Waals surface area contributed by atoms with E-state index < -0.39 is 24.3 Å². The number of carbonyl (C=O) groups excluding carboxylic acids is 2. The molecule has 2 aliphatic rings. The van der Waals surface area contributed by atoms with Gasteiger partial charge in [0.05, 0.1) is 31.5 Å². The maximum atomic E-state index is 13.2. The van der Waals surface area contributed by atoms with Crippen LogP contribution in [0.5, 0.6) is 0 Å². The van der Waals surface area contributed by atoms with Gasteiger partial charge in [0.2, 0.25) is 5.91 Å². The lowest BCUT2D eigenvalue weighted by Gasteiger charge is -2.42. The predicted octanol–water partition coefficient (Wildman–Crippen LogP) is 5.65. The second kappa shape index (κ2) is 12.1. The lowest BCUT2D eigenvalue weighted by atomic mass is 9.89. The van der Waals surface area contributed by atoms with E-state index in [1.165, 1.54) is 27.4 Å². The molecule has 1 aliphatic carbocycles. The Morgan fingerprint density at radius 3 is 2.26 bits per heavy atom. The summed E-state index contributed by atoms with van der Waals surface area (Å²) in [4.78, 5) is 48.1. The molecule has 1 aromatic heterocycles. The van der Waals surface area contributed by atoms with E-state index >= 15 is 0 Å². The van der Waals surface area contributed by atoms with Crippen LogP contribution in [0.4, 0.5) is 4.79 Å². The third kappa shape index (κ3) is 6.17. The second-order valence-electron chi connectivity index (χ2n) is 12.9. The summed E-state index contributed by atoms with van der Waals surface area (Å²) in [5.74, 6) is -1.21. The van der Waals surface area contributed by atoms with Gasteiger partial charge in [-0.3, -0.25) is 14.5 Å². The molecule has 1 unspecified atom stereocenters. The number of hydrogen-bond acceptors (Lipinski definition) is 7. The molecular formula is C33H40N4O5S. The van der Waals surface area contributed by atoms with Crippen LogP contribution in [0.15, 0.2) is 53.9 Å². The number of hydrogen-bond donors (Lipinski definition) is 1. The van der Waals surface area contributed by atoms with Crippen LogP contribution in [0.3, 0.4) is 0 Å². The lowest BCUT2D eigenvalue weighted by molar-refractivity contribution is -0.148. The van der Waals surface area contributed by atoms with Crippen molar-refractivity contribution in [3.05, 3.63) is 75.7 Å². The number of benzene rings is 2. The van der Waals surface area contributed by atoms with Gasteiger partial charge >= 0.3 is 12.1 Å². The molecule has 1 fully saturated rings. The Labute approximate surface area is 257 Å². The highest BCUT2D eigenvalue weighted by Crippen LogP contribution is 2.44. The molecule has 1 aliphatic heterocycles. The zero-order valence-electron chi connectivity index (χ0n) is 25.6. The van der Waals surface area contributed by atoms with Gasteiger partial charge in [0.1, 0.15) is 17.7 Å². The van der Waals surface area contributed by atoms with Crippen molar-refractivity contribution >= 4 is 29.3 Å². The Bertz CT molecular complexity index is 1470. The van der Waals surface area contributed by atoms with E-state index in [1.54, 1.807) is 11.9 Å². The maximum absolute atomic E-state index is 13.2. The zero-order chi connectivity index (χ0) is 31.1. The monoisotopic (exact) mass is 604 g/mol. The number of aromatic nitrogens is 1. The summed E-state index contributed by atoms with van der Waals surface area (Å²) in [6.45, 7) is 10.6. The first kappa shape index (κ1) is 30.7. The first-order valence-electron chi connectivity index (χ1n) is 14.6. The Balaban J connectivity index is 1.23. The molecule has 10 heteroatoms. The van der Waals surface area contributed by atoms with Crippen molar-refractivity contribution in [3.8, 4) is 11.1 Å². The molecule has 5 rings (SSSR count). The predicted molar refractivity (Wildman–Crippen MR) is 165 cm³/mol. The van der Waals surface area contributed by atoms with Crippen molar-refractivity contribution in [2.45, 2.75) is 65.8 Å². The molecule has 2 atom stereocenters. The largest absolute Gasteiger partial charge is 0.480 e. The minimum atomic E-state index is -0.925. The number of rotatable bonds is 9. The number of ether oxygens (including phenoxy) is 1. The topological polar surface area (TPSA) is 103 Å². The molecule has 2 amide bonds. The van der Waals surface area contributed by atoms with Crippen LogP contribution in [-0.2, 0) is 27.4 Å². The number of amides is 2. The van der Waals surface area contributed by atoms with E-state index in [0.29, 0.717) is 5.69 Å². The van der Waals surface area contributed by atoms with E-state index in [-0.39, 0.29) is 49.4 Å². The first-order valence-corrected chi connectivity index (χ1v) is 15.5. The van der Waals surface area contributed by atoms with E-state index in [9.17, 15) is 19.5 Å². The van der Waals surface area contributed by atoms with Crippen molar-refractivity contribution in [1.82, 2.24) is 19.7 Å². The van der Waals surface area contributed by atoms with Gasteiger partial charge in [-0.2, -0.15) is 0 Å². The Kier molecular flexibility index (Phi) is 8.63. The number of carboxylic acid groups (broad SMARTS) is 1. The van der Waals surface area contributed by atoms with Crippen LogP contribution in [0.2, 0.25) is 0 Å². The van der Waals surface area contributed by atoms with E-state index in [1.807, 2.05) is 69.2 Å². The van der Waals surface area contributed by atoms with Gasteiger partial charge in [-0.15, -0.1) is 11.3 Å². The Hall–Kier alpha value is -3.76. The molecule has 9 nitrogen and oxygen atoms in total. The third-order valence-electron chi connectivity index (χ3n) is 8.22. The van der Waals surface area contributed by atoms with E-state index in [0.717, 1.165) is 16.1 Å². The normalized spacial score (nSPS) is 17.7. The smallest absolute Gasteiger partial charge is 0.409 e.